The van der Waals surface area contributed by atoms with Crippen molar-refractivity contribution in [3.8, 4) is 47.4 Å². The lowest BCUT2D eigenvalue weighted by molar-refractivity contribution is -0.870. The molecule has 9 nitrogen and oxygen atoms in total. The van der Waals surface area contributed by atoms with E-state index >= 15 is 0 Å². The maximum atomic E-state index is 12.7. The number of esters is 2. The highest BCUT2D eigenvalue weighted by molar-refractivity contribution is 7.47. The number of likely N-dealkylation sites (N-methyl/N-ethyl adjacent to an activating group) is 1. The summed E-state index contributed by atoms with van der Waals surface area (Å²) >= 11 is 0. The van der Waals surface area contributed by atoms with Crippen LogP contribution in [0.5, 0.6) is 0 Å². The zero-order chi connectivity index (χ0) is 46.4. The number of hydrogen-bond donors (Lipinski definition) is 1. The molecule has 0 aliphatic rings. The van der Waals surface area contributed by atoms with E-state index in [1.165, 1.54) is 96.3 Å². The standard InChI is InChI=1S/C53H90NO8P/c1-6-8-10-12-14-16-18-20-22-24-26-28-30-32-34-36-38-40-42-44-46-53(56)62-51(50-61-63(57,58)60-48-47-54(3,4)5)49-59-52(55)45-43-41-39-37-35-33-31-29-27-25-23-21-19-17-15-13-11-9-7-2/h51H,6-23,32-50H2,1-5H3/p+1/t51-/m1/s1. The Bertz CT molecular complexity index is 1430. The van der Waals surface area contributed by atoms with E-state index in [0.717, 1.165) is 89.9 Å². The highest BCUT2D eigenvalue weighted by Crippen LogP contribution is 2.43. The van der Waals surface area contributed by atoms with Gasteiger partial charge in [-0.3, -0.25) is 18.6 Å². The van der Waals surface area contributed by atoms with Crippen molar-refractivity contribution in [3.05, 3.63) is 0 Å². The number of phosphoric acid groups is 1. The van der Waals surface area contributed by atoms with Crippen LogP contribution in [0.3, 0.4) is 0 Å². The van der Waals surface area contributed by atoms with Gasteiger partial charge in [0.25, 0.3) is 0 Å². The van der Waals surface area contributed by atoms with Crippen molar-refractivity contribution in [1.82, 2.24) is 0 Å². The Hall–Kier alpha value is -2.75. The number of hydrogen-bond acceptors (Lipinski definition) is 7. The number of carbonyl (C=O) groups is 2. The predicted molar refractivity (Wildman–Crippen MR) is 260 cm³/mol. The van der Waals surface area contributed by atoms with Crippen molar-refractivity contribution in [1.29, 1.82) is 0 Å². The molecule has 0 aliphatic carbocycles. The van der Waals surface area contributed by atoms with Gasteiger partial charge >= 0.3 is 19.8 Å². The highest BCUT2D eigenvalue weighted by Gasteiger charge is 2.27. The van der Waals surface area contributed by atoms with E-state index in [1.807, 2.05) is 21.1 Å². The van der Waals surface area contributed by atoms with Crippen LogP contribution < -0.4 is 0 Å². The molecule has 0 saturated heterocycles. The van der Waals surface area contributed by atoms with Gasteiger partial charge in [0, 0.05) is 38.5 Å². The molecule has 0 aromatic heterocycles. The third-order valence-corrected chi connectivity index (χ3v) is 11.6. The lowest BCUT2D eigenvalue weighted by atomic mass is 10.1. The average Bonchev–Trinajstić information content (AvgIpc) is 3.24. The molecule has 0 bridgehead atoms. The summed E-state index contributed by atoms with van der Waals surface area (Å²) in [5, 5.41) is 0. The van der Waals surface area contributed by atoms with E-state index in [9.17, 15) is 19.0 Å². The van der Waals surface area contributed by atoms with Crippen LogP contribution in [0.4, 0.5) is 0 Å². The lowest BCUT2D eigenvalue weighted by Gasteiger charge is -2.24. The fourth-order valence-electron chi connectivity index (χ4n) is 6.59. The summed E-state index contributed by atoms with van der Waals surface area (Å²) < 4.78 is 34.3. The Morgan fingerprint density at radius 2 is 0.841 bits per heavy atom. The van der Waals surface area contributed by atoms with Gasteiger partial charge in [0.2, 0.25) is 0 Å². The molecule has 1 N–H and O–H groups in total. The van der Waals surface area contributed by atoms with Crippen molar-refractivity contribution < 1.29 is 42.1 Å². The number of phosphoric ester groups is 1. The molecule has 63 heavy (non-hydrogen) atoms. The molecule has 0 heterocycles. The third-order valence-electron chi connectivity index (χ3n) is 10.6. The van der Waals surface area contributed by atoms with E-state index < -0.39 is 32.5 Å². The first kappa shape index (κ1) is 60.2. The number of unbranched alkanes of at least 4 members (excludes halogenated alkanes) is 27. The monoisotopic (exact) mass is 901 g/mol. The maximum Gasteiger partial charge on any atom is 0.472 e. The van der Waals surface area contributed by atoms with Crippen LogP contribution in [0.25, 0.3) is 0 Å². The Kier molecular flexibility index (Phi) is 42.5. The van der Waals surface area contributed by atoms with Crippen LogP contribution in [0.15, 0.2) is 0 Å². The Morgan fingerprint density at radius 3 is 1.22 bits per heavy atom. The summed E-state index contributed by atoms with van der Waals surface area (Å²) in [5.74, 6) is 23.7. The summed E-state index contributed by atoms with van der Waals surface area (Å²) in [6.45, 7) is 4.31. The van der Waals surface area contributed by atoms with Gasteiger partial charge in [-0.05, 0) is 62.2 Å². The van der Waals surface area contributed by atoms with Crippen LogP contribution >= 0.6 is 7.82 Å². The molecule has 0 aliphatic heterocycles. The first-order chi connectivity index (χ1) is 30.5. The minimum Gasteiger partial charge on any atom is -0.462 e. The molecule has 0 saturated carbocycles. The van der Waals surface area contributed by atoms with Crippen molar-refractivity contribution in [3.63, 3.8) is 0 Å². The van der Waals surface area contributed by atoms with E-state index in [0.29, 0.717) is 23.9 Å². The van der Waals surface area contributed by atoms with E-state index in [-0.39, 0.29) is 26.1 Å². The van der Waals surface area contributed by atoms with Crippen LogP contribution in [-0.2, 0) is 32.7 Å². The van der Waals surface area contributed by atoms with Gasteiger partial charge in [-0.1, -0.05) is 172 Å². The second kappa shape index (κ2) is 44.5. The molecule has 2 atom stereocenters. The lowest BCUT2D eigenvalue weighted by Crippen LogP contribution is -2.37. The number of rotatable bonds is 41. The van der Waals surface area contributed by atoms with Crippen LogP contribution in [0, 0.1) is 47.4 Å². The summed E-state index contributed by atoms with van der Waals surface area (Å²) in [5.41, 5.74) is 0. The maximum absolute atomic E-state index is 12.7. The number of nitrogens with zero attached hydrogens (tertiary/aromatic N) is 1. The van der Waals surface area contributed by atoms with Gasteiger partial charge in [-0.25, -0.2) is 4.57 Å². The molecule has 0 radical (unpaired) electrons. The number of quaternary nitrogens is 1. The normalized spacial score (nSPS) is 12.3. The summed E-state index contributed by atoms with van der Waals surface area (Å²) in [6, 6.07) is 0. The van der Waals surface area contributed by atoms with Gasteiger partial charge in [-0.2, -0.15) is 0 Å². The first-order valence-corrected chi connectivity index (χ1v) is 26.7. The minimum absolute atomic E-state index is 0.0137. The molecule has 10 heteroatoms. The Morgan fingerprint density at radius 1 is 0.492 bits per heavy atom. The summed E-state index contributed by atoms with van der Waals surface area (Å²) in [7, 11) is 1.42. The van der Waals surface area contributed by atoms with Crippen molar-refractivity contribution >= 4 is 19.8 Å². The minimum atomic E-state index is -4.40. The van der Waals surface area contributed by atoms with E-state index in [4.69, 9.17) is 18.5 Å². The molecule has 360 valence electrons. The summed E-state index contributed by atoms with van der Waals surface area (Å²) in [4.78, 5) is 35.5. The van der Waals surface area contributed by atoms with Crippen molar-refractivity contribution in [2.45, 2.75) is 232 Å². The molecule has 0 amide bonds. The van der Waals surface area contributed by atoms with E-state index in [1.54, 1.807) is 0 Å². The van der Waals surface area contributed by atoms with Crippen molar-refractivity contribution in [2.24, 2.45) is 0 Å². The predicted octanol–water partition coefficient (Wildman–Crippen LogP) is 13.2. The third kappa shape index (κ3) is 48.5. The molecule has 0 aromatic rings. The molecule has 0 spiro atoms. The second-order valence-electron chi connectivity index (χ2n) is 18.0. The van der Waals surface area contributed by atoms with Gasteiger partial charge in [0.1, 0.15) is 19.8 Å². The molecule has 1 unspecified atom stereocenters. The fourth-order valence-corrected chi connectivity index (χ4v) is 7.33. The molecular formula is C53H91NO8P+. The fraction of sp³-hybridized carbons (Fsp3) is 0.811. The largest absolute Gasteiger partial charge is 0.472 e. The van der Waals surface area contributed by atoms with Gasteiger partial charge < -0.3 is 18.9 Å². The first-order valence-electron chi connectivity index (χ1n) is 25.2. The van der Waals surface area contributed by atoms with Crippen LogP contribution in [-0.4, -0.2) is 74.9 Å². The molecule has 0 aromatic carbocycles. The molecule has 0 rings (SSSR count). The van der Waals surface area contributed by atoms with E-state index in [2.05, 4.69) is 61.2 Å². The van der Waals surface area contributed by atoms with Crippen LogP contribution in [0.2, 0.25) is 0 Å². The van der Waals surface area contributed by atoms with Gasteiger partial charge in [0.05, 0.1) is 27.7 Å². The number of carbonyl (C=O) groups excluding carboxylic acids is 2. The zero-order valence-electron chi connectivity index (χ0n) is 40.9. The molecule has 0 fully saturated rings. The highest BCUT2D eigenvalue weighted by atomic mass is 31.2. The Labute approximate surface area is 387 Å². The number of ether oxygens (including phenoxy) is 2. The smallest absolute Gasteiger partial charge is 0.462 e. The zero-order valence-corrected chi connectivity index (χ0v) is 41.8. The quantitative estimate of drug-likeness (QED) is 0.0212. The van der Waals surface area contributed by atoms with Crippen molar-refractivity contribution in [2.75, 3.05) is 47.5 Å². The second-order valence-corrected chi connectivity index (χ2v) is 19.4. The topological polar surface area (TPSA) is 108 Å². The average molecular weight is 901 g/mol. The van der Waals surface area contributed by atoms with Gasteiger partial charge in [0.15, 0.2) is 6.10 Å². The van der Waals surface area contributed by atoms with Crippen LogP contribution in [0.1, 0.15) is 226 Å². The molecular weight excluding hydrogens is 810 g/mol. The summed E-state index contributed by atoms with van der Waals surface area (Å²) in [6.07, 6.45) is 34.2. The van der Waals surface area contributed by atoms with Gasteiger partial charge in [-0.15, -0.1) is 0 Å². The SMILES string of the molecule is CCCCCCCCCCC#CC#CCCCCCCCCC(=O)O[C@H](COC(=O)CCCCCCCC#CC#CCCCCCCCCCC)COP(=O)(O)OCC[N+](C)(C)C. The Balaban J connectivity index is 4.37.